The molecule has 0 unspecified atom stereocenters. The average molecular weight is 779 g/mol. The first-order valence-electron chi connectivity index (χ1n) is 20.8. The maximum Gasteiger partial charge on any atom is 0.266 e. The number of aromatic nitrogens is 1. The van der Waals surface area contributed by atoms with E-state index >= 15 is 0 Å². The van der Waals surface area contributed by atoms with E-state index in [1.54, 1.807) is 0 Å². The first-order valence-corrected chi connectivity index (χ1v) is 20.8. The van der Waals surface area contributed by atoms with E-state index in [1.807, 2.05) is 54.6 Å². The fraction of sp³-hybridized carbons (Fsp3) is 0.0175. The average Bonchev–Trinajstić information content (AvgIpc) is 3.80. The highest BCUT2D eigenvalue weighted by molar-refractivity contribution is 6.19. The third-order valence-corrected chi connectivity index (χ3v) is 13.3. The van der Waals surface area contributed by atoms with Crippen LogP contribution in [0.1, 0.15) is 22.3 Å². The van der Waals surface area contributed by atoms with Gasteiger partial charge in [0, 0.05) is 38.5 Å². The zero-order chi connectivity index (χ0) is 40.4. The van der Waals surface area contributed by atoms with Gasteiger partial charge in [0.05, 0.1) is 16.6 Å². The molecule has 2 aliphatic carbocycles. The second kappa shape index (κ2) is 12.5. The van der Waals surface area contributed by atoms with E-state index in [1.165, 1.54) is 48.9 Å². The molecule has 4 heteroatoms. The molecule has 11 aromatic rings. The van der Waals surface area contributed by atoms with Crippen molar-refractivity contribution in [3.63, 3.8) is 0 Å². The van der Waals surface area contributed by atoms with E-state index in [0.29, 0.717) is 16.3 Å². The molecule has 2 heterocycles. The van der Waals surface area contributed by atoms with E-state index in [-0.39, 0.29) is 11.1 Å². The van der Waals surface area contributed by atoms with Gasteiger partial charge in [0.2, 0.25) is 0 Å². The number of hydrogen-bond acceptors (Lipinski definition) is 3. The quantitative estimate of drug-likeness (QED) is 0.132. The van der Waals surface area contributed by atoms with Crippen molar-refractivity contribution in [2.24, 2.45) is 0 Å². The predicted molar refractivity (Wildman–Crippen MR) is 250 cm³/mol. The molecule has 0 bridgehead atoms. The van der Waals surface area contributed by atoms with Crippen LogP contribution < -0.4 is 16.0 Å². The molecule has 0 saturated heterocycles. The molecule has 0 amide bonds. The Bertz CT molecular complexity index is 3590. The Labute approximate surface area is 350 Å². The van der Waals surface area contributed by atoms with Gasteiger partial charge in [-0.2, -0.15) is 0 Å². The smallest absolute Gasteiger partial charge is 0.266 e. The first kappa shape index (κ1) is 33.8. The molecule has 0 fully saturated rings. The third kappa shape index (κ3) is 4.43. The molecule has 61 heavy (non-hydrogen) atoms. The van der Waals surface area contributed by atoms with Crippen LogP contribution in [0.25, 0.3) is 71.2 Å². The summed E-state index contributed by atoms with van der Waals surface area (Å²) < 4.78 is 1.40. The molecule has 9 aromatic carbocycles. The summed E-state index contributed by atoms with van der Waals surface area (Å²) in [5, 5.41) is 4.35. The van der Waals surface area contributed by atoms with Crippen molar-refractivity contribution in [2.45, 2.75) is 5.41 Å². The number of hydrogen-bond donors (Lipinski definition) is 0. The second-order valence-corrected chi connectivity index (χ2v) is 16.3. The molecule has 2 aromatic heterocycles. The van der Waals surface area contributed by atoms with Crippen LogP contribution in [-0.2, 0) is 5.41 Å². The summed E-state index contributed by atoms with van der Waals surface area (Å²) in [6, 6.07) is 72.5. The van der Waals surface area contributed by atoms with E-state index in [4.69, 9.17) is 0 Å². The fourth-order valence-corrected chi connectivity index (χ4v) is 10.9. The highest BCUT2D eigenvalue weighted by Crippen LogP contribution is 2.65. The van der Waals surface area contributed by atoms with Gasteiger partial charge in [0.25, 0.3) is 11.1 Å². The first-order chi connectivity index (χ1) is 30.1. The molecule has 0 N–H and O–H groups in total. The molecule has 0 radical (unpaired) electrons. The monoisotopic (exact) mass is 778 g/mol. The van der Waals surface area contributed by atoms with Gasteiger partial charge >= 0.3 is 0 Å². The van der Waals surface area contributed by atoms with E-state index in [0.717, 1.165) is 49.7 Å². The maximum atomic E-state index is 14.3. The molecule has 2 aliphatic rings. The molecule has 0 aliphatic heterocycles. The molecular weight excluding hydrogens is 745 g/mol. The molecule has 284 valence electrons. The number of benzene rings is 9. The Morgan fingerprint density at radius 2 is 0.803 bits per heavy atom. The Morgan fingerprint density at radius 1 is 0.361 bits per heavy atom. The number of fused-ring (bicyclic) bond motifs is 14. The van der Waals surface area contributed by atoms with Gasteiger partial charge in [0.15, 0.2) is 0 Å². The van der Waals surface area contributed by atoms with E-state index in [9.17, 15) is 9.59 Å². The Hall–Kier alpha value is -8.08. The molecule has 4 nitrogen and oxygen atoms in total. The van der Waals surface area contributed by atoms with Gasteiger partial charge in [-0.15, -0.1) is 0 Å². The van der Waals surface area contributed by atoms with Crippen molar-refractivity contribution in [2.75, 3.05) is 4.90 Å². The summed E-state index contributed by atoms with van der Waals surface area (Å²) in [6.45, 7) is 0. The number of rotatable bonds is 4. The molecule has 0 atom stereocenters. The summed E-state index contributed by atoms with van der Waals surface area (Å²) in [7, 11) is 0. The highest BCUT2D eigenvalue weighted by Gasteiger charge is 2.53. The van der Waals surface area contributed by atoms with Gasteiger partial charge in [-0.3, -0.25) is 9.59 Å². The Kier molecular flexibility index (Phi) is 6.92. The maximum absolute atomic E-state index is 14.3. The Balaban J connectivity index is 1.19. The number of pyridine rings is 2. The van der Waals surface area contributed by atoms with Gasteiger partial charge in [0.1, 0.15) is 0 Å². The lowest BCUT2D eigenvalue weighted by Gasteiger charge is -2.36. The van der Waals surface area contributed by atoms with Crippen LogP contribution in [0.5, 0.6) is 0 Å². The van der Waals surface area contributed by atoms with Crippen LogP contribution in [-0.4, -0.2) is 4.40 Å². The molecule has 0 saturated carbocycles. The normalized spacial score (nSPS) is 13.2. The van der Waals surface area contributed by atoms with Gasteiger partial charge in [-0.05, 0) is 103 Å². The van der Waals surface area contributed by atoms with E-state index in [2.05, 4.69) is 157 Å². The lowest BCUT2D eigenvalue weighted by molar-refractivity contribution is 0.793. The minimum absolute atomic E-state index is 0.302. The van der Waals surface area contributed by atoms with Gasteiger partial charge in [-0.1, -0.05) is 164 Å². The van der Waals surface area contributed by atoms with E-state index < -0.39 is 5.41 Å². The van der Waals surface area contributed by atoms with Crippen molar-refractivity contribution < 1.29 is 0 Å². The largest absolute Gasteiger partial charge is 0.310 e. The zero-order valence-corrected chi connectivity index (χ0v) is 32.8. The van der Waals surface area contributed by atoms with Crippen molar-refractivity contribution in [3.8, 4) is 33.4 Å². The SMILES string of the molecule is O=c1c2ccccc2c2cc(N(c3ccc(-c4ccccc4)cc3)c3cccc4c3C3(c5ccccc5-c5ccccc53)c3ccccc3-4)cc3c4ccccc4c(=O)n1c23. The van der Waals surface area contributed by atoms with Crippen LogP contribution in [0.3, 0.4) is 0 Å². The number of anilines is 3. The lowest BCUT2D eigenvalue weighted by Crippen LogP contribution is -2.28. The summed E-state index contributed by atoms with van der Waals surface area (Å²) >= 11 is 0. The minimum atomic E-state index is -0.602. The van der Waals surface area contributed by atoms with Crippen molar-refractivity contribution in [1.29, 1.82) is 0 Å². The van der Waals surface area contributed by atoms with Crippen molar-refractivity contribution >= 4 is 54.9 Å². The summed E-state index contributed by atoms with van der Waals surface area (Å²) in [4.78, 5) is 31.0. The summed E-state index contributed by atoms with van der Waals surface area (Å²) in [5.74, 6) is 0. The second-order valence-electron chi connectivity index (χ2n) is 16.3. The minimum Gasteiger partial charge on any atom is -0.310 e. The predicted octanol–water partition coefficient (Wildman–Crippen LogP) is 13.0. The molecule has 1 spiro atoms. The Morgan fingerprint density at radius 3 is 1.36 bits per heavy atom. The van der Waals surface area contributed by atoms with Crippen molar-refractivity contribution in [1.82, 2.24) is 4.40 Å². The number of nitrogens with zero attached hydrogens (tertiary/aromatic N) is 2. The zero-order valence-electron chi connectivity index (χ0n) is 32.8. The summed E-state index contributed by atoms with van der Waals surface area (Å²) in [6.07, 6.45) is 0. The topological polar surface area (TPSA) is 41.8 Å². The molecule has 13 rings (SSSR count). The van der Waals surface area contributed by atoms with Crippen LogP contribution in [0.4, 0.5) is 17.1 Å². The highest BCUT2D eigenvalue weighted by atomic mass is 16.2. The van der Waals surface area contributed by atoms with Crippen molar-refractivity contribution in [3.05, 3.63) is 249 Å². The fourth-order valence-electron chi connectivity index (χ4n) is 10.9. The van der Waals surface area contributed by atoms with Crippen LogP contribution >= 0.6 is 0 Å². The van der Waals surface area contributed by atoms with Crippen LogP contribution in [0.2, 0.25) is 0 Å². The van der Waals surface area contributed by atoms with Crippen LogP contribution in [0.15, 0.2) is 216 Å². The van der Waals surface area contributed by atoms with Gasteiger partial charge < -0.3 is 4.90 Å². The standard InChI is InChI=1S/C57H34N2O2/c60-55-45-22-6-4-17-39(45)47-33-38(34-48-40-18-5-7-23-46(40)56(61)59(55)54(47)48)58(37-31-29-36(30-32-37)35-15-2-1-3-16-35)52-28-14-24-44-43-21-10-13-27-51(43)57(53(44)52)49-25-11-8-19-41(49)42-20-9-12-26-50(42)57/h1-34H. The van der Waals surface area contributed by atoms with Crippen LogP contribution in [0, 0.1) is 0 Å². The molecular formula is C57H34N2O2. The third-order valence-electron chi connectivity index (χ3n) is 13.3. The van der Waals surface area contributed by atoms with Gasteiger partial charge in [-0.25, -0.2) is 4.40 Å². The summed E-state index contributed by atoms with van der Waals surface area (Å²) in [5.41, 5.74) is 14.6. The lowest BCUT2D eigenvalue weighted by atomic mass is 9.70.